The Labute approximate surface area is 458 Å². The lowest BCUT2D eigenvalue weighted by Crippen LogP contribution is -2.26. The van der Waals surface area contributed by atoms with Crippen molar-refractivity contribution < 1.29 is 4.42 Å². The van der Waals surface area contributed by atoms with E-state index in [9.17, 15) is 0 Å². The number of hydrogen-bond acceptors (Lipinski definition) is 2. The molecule has 0 fully saturated rings. The molecule has 0 bridgehead atoms. The molecule has 3 aliphatic rings. The first-order valence-electron chi connectivity index (χ1n) is 27.6. The fourth-order valence-electron chi connectivity index (χ4n) is 14.5. The van der Waals surface area contributed by atoms with E-state index in [0.29, 0.717) is 0 Å². The average Bonchev–Trinajstić information content (AvgIpc) is 2.65. The SMILES string of the molecule is CC1(C)c2ccccc2-c2cc3c4cc(-c5ccc(N(c6ccc(-c7ccc8oc9ccccc9c8c7)cc6)c6cccc7c6-c6ccccc6C76c7ccccc7-c7ccccc76)cc5)ccc4n(-c4ccccc4)c3cc21. The van der Waals surface area contributed by atoms with Gasteiger partial charge in [-0.2, -0.15) is 0 Å². The molecule has 3 nitrogen and oxygen atoms in total. The van der Waals surface area contributed by atoms with Gasteiger partial charge in [0.05, 0.1) is 22.1 Å². The molecule has 2 heterocycles. The molecule has 1 spiro atoms. The Hall–Kier alpha value is -9.96. The van der Waals surface area contributed by atoms with Gasteiger partial charge in [-0.05, 0) is 168 Å². The summed E-state index contributed by atoms with van der Waals surface area (Å²) in [5, 5.41) is 4.77. The zero-order valence-electron chi connectivity index (χ0n) is 43.7. The van der Waals surface area contributed by atoms with Crippen molar-refractivity contribution in [2.75, 3.05) is 4.90 Å². The van der Waals surface area contributed by atoms with Crippen LogP contribution in [0.1, 0.15) is 47.2 Å². The molecule has 17 rings (SSSR count). The smallest absolute Gasteiger partial charge is 0.135 e. The summed E-state index contributed by atoms with van der Waals surface area (Å²) in [5.41, 5.74) is 28.6. The first-order valence-corrected chi connectivity index (χ1v) is 27.6. The van der Waals surface area contributed by atoms with Crippen LogP contribution in [-0.4, -0.2) is 4.57 Å². The van der Waals surface area contributed by atoms with Gasteiger partial charge in [0.2, 0.25) is 0 Å². The zero-order valence-corrected chi connectivity index (χ0v) is 43.7. The molecule has 0 saturated heterocycles. The van der Waals surface area contributed by atoms with Crippen LogP contribution in [-0.2, 0) is 10.8 Å². The van der Waals surface area contributed by atoms with Crippen LogP contribution in [0.4, 0.5) is 17.1 Å². The molecule has 3 aliphatic carbocycles. The van der Waals surface area contributed by atoms with Crippen LogP contribution < -0.4 is 4.90 Å². The first-order chi connectivity index (χ1) is 38.9. The average molecular weight is 1010 g/mol. The van der Waals surface area contributed by atoms with Gasteiger partial charge in [0.15, 0.2) is 0 Å². The highest BCUT2D eigenvalue weighted by molar-refractivity contribution is 6.13. The predicted molar refractivity (Wildman–Crippen MR) is 327 cm³/mol. The van der Waals surface area contributed by atoms with E-state index in [1.165, 1.54) is 94.1 Å². The van der Waals surface area contributed by atoms with E-state index in [0.717, 1.165) is 61.4 Å². The second kappa shape index (κ2) is 16.3. The van der Waals surface area contributed by atoms with E-state index in [-0.39, 0.29) is 5.41 Å². The van der Waals surface area contributed by atoms with Crippen molar-refractivity contribution in [1.29, 1.82) is 0 Å². The Bertz CT molecular complexity index is 4810. The molecule has 370 valence electrons. The molecule has 0 unspecified atom stereocenters. The Morgan fingerprint density at radius 3 is 1.52 bits per heavy atom. The second-order valence-corrected chi connectivity index (χ2v) is 22.3. The third-order valence-electron chi connectivity index (χ3n) is 18.0. The molecule has 0 aliphatic heterocycles. The molecular weight excluding hydrogens is 957 g/mol. The van der Waals surface area contributed by atoms with Gasteiger partial charge in [0.25, 0.3) is 0 Å². The number of para-hydroxylation sites is 2. The highest BCUT2D eigenvalue weighted by Gasteiger charge is 2.52. The molecule has 0 amide bonds. The maximum atomic E-state index is 6.24. The van der Waals surface area contributed by atoms with Crippen LogP contribution in [0.15, 0.2) is 271 Å². The summed E-state index contributed by atoms with van der Waals surface area (Å²) in [6.07, 6.45) is 0. The number of aromatic nitrogens is 1. The highest BCUT2D eigenvalue weighted by atomic mass is 16.3. The lowest BCUT2D eigenvalue weighted by molar-refractivity contribution is 0.661. The van der Waals surface area contributed by atoms with Crippen molar-refractivity contribution in [2.24, 2.45) is 0 Å². The molecule has 79 heavy (non-hydrogen) atoms. The number of rotatable bonds is 6. The molecule has 0 N–H and O–H groups in total. The monoisotopic (exact) mass is 1010 g/mol. The summed E-state index contributed by atoms with van der Waals surface area (Å²) in [7, 11) is 0. The van der Waals surface area contributed by atoms with Crippen molar-refractivity contribution in [3.05, 3.63) is 300 Å². The minimum absolute atomic E-state index is 0.107. The molecule has 0 atom stereocenters. The van der Waals surface area contributed by atoms with Gasteiger partial charge < -0.3 is 13.9 Å². The summed E-state index contributed by atoms with van der Waals surface area (Å²) < 4.78 is 8.70. The van der Waals surface area contributed by atoms with Crippen LogP contribution in [0.5, 0.6) is 0 Å². The van der Waals surface area contributed by atoms with Gasteiger partial charge >= 0.3 is 0 Å². The first kappa shape index (κ1) is 44.2. The Kier molecular flexibility index (Phi) is 9.11. The number of nitrogens with zero attached hydrogens (tertiary/aromatic N) is 2. The Morgan fingerprint density at radius 2 is 0.835 bits per heavy atom. The summed E-state index contributed by atoms with van der Waals surface area (Å²) in [5.74, 6) is 0. The topological polar surface area (TPSA) is 21.3 Å². The molecule has 3 heteroatoms. The lowest BCUT2D eigenvalue weighted by atomic mass is 9.70. The quantitative estimate of drug-likeness (QED) is 0.166. The second-order valence-electron chi connectivity index (χ2n) is 22.3. The van der Waals surface area contributed by atoms with E-state index in [2.05, 4.69) is 278 Å². The van der Waals surface area contributed by atoms with E-state index < -0.39 is 5.41 Å². The van der Waals surface area contributed by atoms with Gasteiger partial charge in [-0.25, -0.2) is 0 Å². The number of benzene rings is 12. The summed E-state index contributed by atoms with van der Waals surface area (Å²) in [6.45, 7) is 4.74. The van der Waals surface area contributed by atoms with Gasteiger partial charge in [-0.3, -0.25) is 0 Å². The molecule has 0 saturated carbocycles. The summed E-state index contributed by atoms with van der Waals surface area (Å²) in [6, 6.07) is 99.3. The van der Waals surface area contributed by atoms with Crippen molar-refractivity contribution >= 4 is 60.8 Å². The number of anilines is 3. The molecular formula is C76H50N2O. The van der Waals surface area contributed by atoms with E-state index in [1.807, 2.05) is 12.1 Å². The standard InChI is InChI=1S/C76H50N2O/c1-75(2)63-24-11-6-21-56(63)59-45-61-60-43-49(35-41-69(60)78(71(61)46-68(59)75)51-17-4-3-5-18-51)47-31-37-52(38-32-47)77(53-39-33-48(34-40-53)50-36-42-73-62(44-50)57-22-10-15-30-72(57)79-73)70-29-16-28-67-74(70)58-23-9-14-27-66(58)76(67)64-25-12-7-19-54(64)55-20-8-13-26-65(55)76/h3-46H,1-2H3. The van der Waals surface area contributed by atoms with Gasteiger partial charge in [0.1, 0.15) is 11.2 Å². The highest BCUT2D eigenvalue weighted by Crippen LogP contribution is 2.65. The van der Waals surface area contributed by atoms with Gasteiger partial charge in [-0.1, -0.05) is 196 Å². The number of hydrogen-bond donors (Lipinski definition) is 0. The van der Waals surface area contributed by atoms with E-state index in [1.54, 1.807) is 0 Å². The number of furan rings is 1. The maximum Gasteiger partial charge on any atom is 0.135 e. The van der Waals surface area contributed by atoms with Crippen LogP contribution in [0, 0.1) is 0 Å². The van der Waals surface area contributed by atoms with E-state index in [4.69, 9.17) is 4.42 Å². The van der Waals surface area contributed by atoms with Crippen LogP contribution in [0.25, 0.3) is 105 Å². The zero-order chi connectivity index (χ0) is 52.1. The van der Waals surface area contributed by atoms with Crippen molar-refractivity contribution in [1.82, 2.24) is 4.57 Å². The fraction of sp³-hybridized carbons (Fsp3) is 0.0526. The van der Waals surface area contributed by atoms with Gasteiger partial charge in [-0.15, -0.1) is 0 Å². The largest absolute Gasteiger partial charge is 0.456 e. The Morgan fingerprint density at radius 1 is 0.329 bits per heavy atom. The normalized spacial score (nSPS) is 13.9. The van der Waals surface area contributed by atoms with Crippen molar-refractivity contribution in [3.8, 4) is 61.3 Å². The van der Waals surface area contributed by atoms with Gasteiger partial charge in [0, 0.05) is 49.6 Å². The molecule has 2 aromatic heterocycles. The van der Waals surface area contributed by atoms with Crippen molar-refractivity contribution in [2.45, 2.75) is 24.7 Å². The lowest BCUT2D eigenvalue weighted by Gasteiger charge is -2.32. The third kappa shape index (κ3) is 6.07. The minimum atomic E-state index is -0.466. The molecule has 0 radical (unpaired) electrons. The van der Waals surface area contributed by atoms with Crippen LogP contribution in [0.2, 0.25) is 0 Å². The minimum Gasteiger partial charge on any atom is -0.456 e. The predicted octanol–water partition coefficient (Wildman–Crippen LogP) is 20.1. The van der Waals surface area contributed by atoms with Crippen molar-refractivity contribution in [3.63, 3.8) is 0 Å². The molecule has 12 aromatic carbocycles. The molecule has 14 aromatic rings. The maximum absolute atomic E-state index is 6.24. The fourth-order valence-corrected chi connectivity index (χ4v) is 14.5. The number of fused-ring (bicyclic) bond motifs is 19. The third-order valence-corrected chi connectivity index (χ3v) is 18.0. The van der Waals surface area contributed by atoms with Crippen LogP contribution in [0.3, 0.4) is 0 Å². The van der Waals surface area contributed by atoms with E-state index >= 15 is 0 Å². The Balaban J connectivity index is 0.837. The summed E-state index contributed by atoms with van der Waals surface area (Å²) >= 11 is 0. The summed E-state index contributed by atoms with van der Waals surface area (Å²) in [4.78, 5) is 2.48. The van der Waals surface area contributed by atoms with Crippen LogP contribution >= 0.6 is 0 Å².